The minimum absolute atomic E-state index is 0.0309. The van der Waals surface area contributed by atoms with Gasteiger partial charge in [-0.05, 0) is 40.2 Å². The van der Waals surface area contributed by atoms with E-state index in [-0.39, 0.29) is 16.2 Å². The maximum Gasteiger partial charge on any atom is 0.110 e. The van der Waals surface area contributed by atoms with Crippen molar-refractivity contribution in [2.75, 3.05) is 0 Å². The number of furan rings is 2. The maximum atomic E-state index is 6.31. The van der Waals surface area contributed by atoms with Gasteiger partial charge in [-0.1, -0.05) is 78.8 Å². The summed E-state index contributed by atoms with van der Waals surface area (Å²) in [5, 5.41) is 0. The third kappa shape index (κ3) is 4.60. The van der Waals surface area contributed by atoms with Crippen LogP contribution in [0, 0.1) is 0 Å². The molecule has 150 valence electrons. The lowest BCUT2D eigenvalue weighted by Crippen LogP contribution is -2.21. The summed E-state index contributed by atoms with van der Waals surface area (Å²) >= 11 is 0. The molecule has 0 bridgehead atoms. The Bertz CT molecular complexity index is 901. The number of benzene rings is 1. The van der Waals surface area contributed by atoms with Crippen LogP contribution in [-0.4, -0.2) is 0 Å². The second kappa shape index (κ2) is 7.31. The quantitative estimate of drug-likeness (QED) is 0.453. The van der Waals surface area contributed by atoms with Crippen LogP contribution in [0.2, 0.25) is 0 Å². The molecule has 0 aliphatic heterocycles. The zero-order valence-corrected chi connectivity index (χ0v) is 18.4. The van der Waals surface area contributed by atoms with E-state index in [1.165, 1.54) is 11.1 Å². The average Bonchev–Trinajstić information content (AvgIpc) is 3.24. The zero-order valence-electron chi connectivity index (χ0n) is 18.4. The molecule has 3 aromatic rings. The molecular weight excluding hydrogens is 344 g/mol. The average molecular weight is 379 g/mol. The molecule has 0 aliphatic rings. The second-order valence-corrected chi connectivity index (χ2v) is 10.3. The summed E-state index contributed by atoms with van der Waals surface area (Å²) in [6.45, 7) is 15.6. The second-order valence-electron chi connectivity index (χ2n) is 10.3. The van der Waals surface area contributed by atoms with Crippen LogP contribution >= 0.6 is 0 Å². The molecule has 0 amide bonds. The summed E-state index contributed by atoms with van der Waals surface area (Å²) in [6, 6.07) is 17.1. The summed E-state index contributed by atoms with van der Waals surface area (Å²) in [5.74, 6) is 3.06. The first-order valence-corrected chi connectivity index (χ1v) is 10.2. The Morgan fingerprint density at radius 2 is 1.32 bits per heavy atom. The first-order chi connectivity index (χ1) is 13.0. The molecule has 0 aliphatic carbocycles. The number of rotatable bonds is 6. The Kier molecular flexibility index (Phi) is 5.36. The molecule has 0 atom stereocenters. The lowest BCUT2D eigenvalue weighted by atomic mass is 9.81. The first kappa shape index (κ1) is 20.5. The van der Waals surface area contributed by atoms with E-state index in [1.807, 2.05) is 6.26 Å². The smallest absolute Gasteiger partial charge is 0.110 e. The molecule has 2 heteroatoms. The van der Waals surface area contributed by atoms with Crippen LogP contribution in [-0.2, 0) is 29.1 Å². The highest BCUT2D eigenvalue weighted by molar-refractivity contribution is 5.27. The van der Waals surface area contributed by atoms with Crippen molar-refractivity contribution in [3.05, 3.63) is 83.2 Å². The van der Waals surface area contributed by atoms with E-state index in [0.717, 1.165) is 30.1 Å². The Morgan fingerprint density at radius 3 is 1.93 bits per heavy atom. The van der Waals surface area contributed by atoms with Gasteiger partial charge < -0.3 is 8.83 Å². The van der Waals surface area contributed by atoms with Crippen molar-refractivity contribution in [2.24, 2.45) is 0 Å². The van der Waals surface area contributed by atoms with Crippen LogP contribution in [0.4, 0.5) is 0 Å². The molecule has 0 N–H and O–H groups in total. The Hall–Kier alpha value is -2.22. The van der Waals surface area contributed by atoms with Gasteiger partial charge in [-0.2, -0.15) is 0 Å². The predicted octanol–water partition coefficient (Wildman–Crippen LogP) is 7.21. The van der Waals surface area contributed by atoms with Crippen molar-refractivity contribution in [3.8, 4) is 0 Å². The van der Waals surface area contributed by atoms with Gasteiger partial charge >= 0.3 is 0 Å². The molecule has 2 heterocycles. The molecule has 0 radical (unpaired) electrons. The van der Waals surface area contributed by atoms with Crippen LogP contribution in [0.1, 0.15) is 76.9 Å². The van der Waals surface area contributed by atoms with Gasteiger partial charge in [0.25, 0.3) is 0 Å². The lowest BCUT2D eigenvalue weighted by Gasteiger charge is -2.25. The van der Waals surface area contributed by atoms with Crippen molar-refractivity contribution in [1.29, 1.82) is 0 Å². The highest BCUT2D eigenvalue weighted by atomic mass is 16.3. The van der Waals surface area contributed by atoms with Crippen LogP contribution < -0.4 is 0 Å². The number of hydrogen-bond acceptors (Lipinski definition) is 2. The minimum Gasteiger partial charge on any atom is -0.469 e. The van der Waals surface area contributed by atoms with Gasteiger partial charge in [-0.15, -0.1) is 0 Å². The molecule has 0 saturated carbocycles. The van der Waals surface area contributed by atoms with Crippen LogP contribution in [0.3, 0.4) is 0 Å². The molecule has 0 spiro atoms. The van der Waals surface area contributed by atoms with Crippen LogP contribution in [0.15, 0.2) is 63.6 Å². The lowest BCUT2D eigenvalue weighted by molar-refractivity contribution is 0.332. The van der Waals surface area contributed by atoms with E-state index in [1.54, 1.807) is 0 Å². The number of hydrogen-bond donors (Lipinski definition) is 0. The standard InChI is InChI=1S/C26H34O2/c1-24(2,3)20-15-22(27-18-20)17-26(6,7)23-14-13-21(28-23)16-25(4,5)19-11-9-8-10-12-19/h8-15,18H,16-17H2,1-7H3. The first-order valence-electron chi connectivity index (χ1n) is 10.2. The van der Waals surface area contributed by atoms with E-state index < -0.39 is 0 Å². The molecule has 28 heavy (non-hydrogen) atoms. The van der Waals surface area contributed by atoms with E-state index in [0.29, 0.717) is 0 Å². The monoisotopic (exact) mass is 378 g/mol. The fourth-order valence-electron chi connectivity index (χ4n) is 3.65. The van der Waals surface area contributed by atoms with Crippen molar-refractivity contribution in [2.45, 2.75) is 77.6 Å². The molecule has 1 aromatic carbocycles. The SMILES string of the molecule is CC(C)(C)c1coc(CC(C)(C)c2ccc(CC(C)(C)c3ccccc3)o2)c1. The van der Waals surface area contributed by atoms with Crippen molar-refractivity contribution in [3.63, 3.8) is 0 Å². The van der Waals surface area contributed by atoms with E-state index in [4.69, 9.17) is 8.83 Å². The van der Waals surface area contributed by atoms with Gasteiger partial charge in [-0.25, -0.2) is 0 Å². The van der Waals surface area contributed by atoms with E-state index in [2.05, 4.69) is 97.0 Å². The summed E-state index contributed by atoms with van der Waals surface area (Å²) < 4.78 is 12.2. The summed E-state index contributed by atoms with van der Waals surface area (Å²) in [7, 11) is 0. The Balaban J connectivity index is 1.74. The molecule has 2 aromatic heterocycles. The van der Waals surface area contributed by atoms with Gasteiger partial charge in [0.05, 0.1) is 6.26 Å². The Labute approximate surface area is 170 Å². The molecule has 3 rings (SSSR count). The fraction of sp³-hybridized carbons (Fsp3) is 0.462. The van der Waals surface area contributed by atoms with Gasteiger partial charge in [-0.3, -0.25) is 0 Å². The fourth-order valence-corrected chi connectivity index (χ4v) is 3.65. The maximum absolute atomic E-state index is 6.31. The molecule has 2 nitrogen and oxygen atoms in total. The molecule has 0 saturated heterocycles. The largest absolute Gasteiger partial charge is 0.469 e. The van der Waals surface area contributed by atoms with E-state index >= 15 is 0 Å². The topological polar surface area (TPSA) is 26.3 Å². The minimum atomic E-state index is -0.123. The van der Waals surface area contributed by atoms with Crippen LogP contribution in [0.5, 0.6) is 0 Å². The highest BCUT2D eigenvalue weighted by Crippen LogP contribution is 2.34. The third-order valence-electron chi connectivity index (χ3n) is 5.64. The zero-order chi connectivity index (χ0) is 20.6. The molecule has 0 fully saturated rings. The third-order valence-corrected chi connectivity index (χ3v) is 5.64. The van der Waals surface area contributed by atoms with Gasteiger partial charge in [0.15, 0.2) is 0 Å². The van der Waals surface area contributed by atoms with E-state index in [9.17, 15) is 0 Å². The summed E-state index contributed by atoms with van der Waals surface area (Å²) in [5.41, 5.74) is 2.58. The van der Waals surface area contributed by atoms with Gasteiger partial charge in [0.2, 0.25) is 0 Å². The summed E-state index contributed by atoms with van der Waals surface area (Å²) in [4.78, 5) is 0. The molecular formula is C26H34O2. The highest BCUT2D eigenvalue weighted by Gasteiger charge is 2.29. The van der Waals surface area contributed by atoms with Crippen LogP contribution in [0.25, 0.3) is 0 Å². The molecule has 0 unspecified atom stereocenters. The van der Waals surface area contributed by atoms with Gasteiger partial charge in [0, 0.05) is 18.3 Å². The Morgan fingerprint density at radius 1 is 0.679 bits per heavy atom. The van der Waals surface area contributed by atoms with Crippen molar-refractivity contribution >= 4 is 0 Å². The van der Waals surface area contributed by atoms with Crippen molar-refractivity contribution in [1.82, 2.24) is 0 Å². The summed E-state index contributed by atoms with van der Waals surface area (Å²) in [6.07, 6.45) is 3.58. The van der Waals surface area contributed by atoms with Crippen molar-refractivity contribution < 1.29 is 8.83 Å². The van der Waals surface area contributed by atoms with Gasteiger partial charge in [0.1, 0.15) is 17.3 Å². The predicted molar refractivity (Wildman–Crippen MR) is 116 cm³/mol. The normalized spacial score (nSPS) is 13.1.